The molecule has 148 valence electrons. The van der Waals surface area contributed by atoms with Crippen LogP contribution >= 0.6 is 23.5 Å². The van der Waals surface area contributed by atoms with E-state index in [0.29, 0.717) is 0 Å². The second-order valence-corrected chi connectivity index (χ2v) is 9.52. The fourth-order valence-corrected chi connectivity index (χ4v) is 5.65. The fraction of sp³-hybridized carbons (Fsp3) is 0.192. The minimum absolute atomic E-state index is 0.109. The lowest BCUT2D eigenvalue weighted by Crippen LogP contribution is -2.18. The third-order valence-corrected chi connectivity index (χ3v) is 7.05. The highest BCUT2D eigenvalue weighted by atomic mass is 32.2. The first-order chi connectivity index (χ1) is 14.3. The van der Waals surface area contributed by atoms with Gasteiger partial charge >= 0.3 is 0 Å². The van der Waals surface area contributed by atoms with Crippen LogP contribution in [0.15, 0.2) is 91.0 Å². The maximum atomic E-state index is 13.9. The molecule has 0 heterocycles. The Morgan fingerprint density at radius 2 is 1.03 bits per heavy atom. The topological polar surface area (TPSA) is 17.1 Å². The highest BCUT2D eigenvalue weighted by Gasteiger charge is 2.27. The van der Waals surface area contributed by atoms with Gasteiger partial charge in [-0.1, -0.05) is 105 Å². The standard InChI is InChI=1S/C26H26OS2/c1-3-28-26(29-4-2)25(27)24(22-18-12-7-13-19-22)23(20-14-8-5-9-15-20)21-16-10-6-11-17-21/h5-19,26H,3-4H2,1-2H3. The van der Waals surface area contributed by atoms with Crippen molar-refractivity contribution in [1.29, 1.82) is 0 Å². The van der Waals surface area contributed by atoms with Crippen LogP contribution in [0, 0.1) is 0 Å². The van der Waals surface area contributed by atoms with E-state index in [2.05, 4.69) is 38.1 Å². The molecule has 0 aliphatic carbocycles. The van der Waals surface area contributed by atoms with Crippen LogP contribution in [0.2, 0.25) is 0 Å². The van der Waals surface area contributed by atoms with Crippen molar-refractivity contribution in [3.8, 4) is 0 Å². The van der Waals surface area contributed by atoms with E-state index < -0.39 is 0 Å². The molecule has 29 heavy (non-hydrogen) atoms. The van der Waals surface area contributed by atoms with Gasteiger partial charge in [0.15, 0.2) is 5.78 Å². The van der Waals surface area contributed by atoms with Crippen LogP contribution in [0.4, 0.5) is 0 Å². The molecule has 0 spiro atoms. The number of thioether (sulfide) groups is 2. The number of hydrogen-bond donors (Lipinski definition) is 0. The van der Waals surface area contributed by atoms with Crippen LogP contribution in [0.3, 0.4) is 0 Å². The summed E-state index contributed by atoms with van der Waals surface area (Å²) in [5.74, 6) is 2.02. The maximum Gasteiger partial charge on any atom is 0.187 e. The molecule has 0 atom stereocenters. The highest BCUT2D eigenvalue weighted by molar-refractivity contribution is 8.18. The van der Waals surface area contributed by atoms with Gasteiger partial charge in [0.25, 0.3) is 0 Å². The van der Waals surface area contributed by atoms with Crippen LogP contribution in [0.1, 0.15) is 30.5 Å². The average molecular weight is 419 g/mol. The van der Waals surface area contributed by atoms with E-state index >= 15 is 0 Å². The van der Waals surface area contributed by atoms with Gasteiger partial charge in [0.1, 0.15) is 4.58 Å². The second-order valence-electron chi connectivity index (χ2n) is 6.45. The molecule has 0 fully saturated rings. The monoisotopic (exact) mass is 418 g/mol. The fourth-order valence-electron chi connectivity index (χ4n) is 3.30. The van der Waals surface area contributed by atoms with Gasteiger partial charge in [-0.3, -0.25) is 4.79 Å². The SMILES string of the molecule is CCSC(SCC)C(=O)C(=C(c1ccccc1)c1ccccc1)c1ccccc1. The molecule has 3 aromatic rings. The number of carbonyl (C=O) groups excluding carboxylic acids is 1. The van der Waals surface area contributed by atoms with Crippen molar-refractivity contribution in [1.82, 2.24) is 0 Å². The predicted molar refractivity (Wildman–Crippen MR) is 130 cm³/mol. The molecule has 0 N–H and O–H groups in total. The van der Waals surface area contributed by atoms with Gasteiger partial charge in [-0.25, -0.2) is 0 Å². The number of hydrogen-bond acceptors (Lipinski definition) is 3. The molecule has 0 radical (unpaired) electrons. The summed E-state index contributed by atoms with van der Waals surface area (Å²) < 4.78 is -0.109. The molecular weight excluding hydrogens is 392 g/mol. The van der Waals surface area contributed by atoms with Gasteiger partial charge in [-0.2, -0.15) is 0 Å². The van der Waals surface area contributed by atoms with Crippen molar-refractivity contribution in [2.45, 2.75) is 18.4 Å². The molecule has 3 heteroatoms. The Hall–Kier alpha value is -2.23. The summed E-state index contributed by atoms with van der Waals surface area (Å²) in [6.07, 6.45) is 0. The number of allylic oxidation sites excluding steroid dienone is 1. The summed E-state index contributed by atoms with van der Waals surface area (Å²) in [5, 5.41) is 0. The average Bonchev–Trinajstić information content (AvgIpc) is 2.78. The van der Waals surface area contributed by atoms with Crippen molar-refractivity contribution in [2.24, 2.45) is 0 Å². The van der Waals surface area contributed by atoms with Crippen molar-refractivity contribution >= 4 is 40.5 Å². The zero-order valence-electron chi connectivity index (χ0n) is 16.9. The van der Waals surface area contributed by atoms with E-state index in [4.69, 9.17) is 0 Å². The normalized spacial score (nSPS) is 10.7. The van der Waals surface area contributed by atoms with Crippen LogP contribution in [0.25, 0.3) is 11.1 Å². The van der Waals surface area contributed by atoms with Crippen LogP contribution in [-0.2, 0) is 4.79 Å². The lowest BCUT2D eigenvalue weighted by molar-refractivity contribution is -0.112. The summed E-state index contributed by atoms with van der Waals surface area (Å²) in [7, 11) is 0. The Balaban J connectivity index is 2.30. The van der Waals surface area contributed by atoms with Crippen molar-refractivity contribution < 1.29 is 4.79 Å². The van der Waals surface area contributed by atoms with Gasteiger partial charge in [0.2, 0.25) is 0 Å². The number of benzene rings is 3. The minimum atomic E-state index is -0.109. The van der Waals surface area contributed by atoms with Crippen LogP contribution in [0.5, 0.6) is 0 Å². The molecule has 0 saturated carbocycles. The molecule has 3 aromatic carbocycles. The molecule has 0 aromatic heterocycles. The smallest absolute Gasteiger partial charge is 0.187 e. The number of carbonyl (C=O) groups is 1. The molecule has 0 aliphatic rings. The quantitative estimate of drug-likeness (QED) is 0.211. The Morgan fingerprint density at radius 3 is 1.41 bits per heavy atom. The van der Waals surface area contributed by atoms with E-state index in [1.807, 2.05) is 66.7 Å². The van der Waals surface area contributed by atoms with Gasteiger partial charge < -0.3 is 0 Å². The molecule has 3 rings (SSSR count). The van der Waals surface area contributed by atoms with Crippen molar-refractivity contribution in [3.63, 3.8) is 0 Å². The first-order valence-electron chi connectivity index (χ1n) is 9.94. The summed E-state index contributed by atoms with van der Waals surface area (Å²) >= 11 is 3.44. The number of Topliss-reactive ketones (excluding diaryl/α,β-unsaturated/α-hetero) is 1. The van der Waals surface area contributed by atoms with Crippen molar-refractivity contribution in [3.05, 3.63) is 108 Å². The van der Waals surface area contributed by atoms with E-state index in [-0.39, 0.29) is 10.4 Å². The molecule has 0 amide bonds. The zero-order valence-corrected chi connectivity index (χ0v) is 18.5. The van der Waals surface area contributed by atoms with E-state index in [0.717, 1.165) is 39.3 Å². The van der Waals surface area contributed by atoms with Crippen LogP contribution in [-0.4, -0.2) is 21.9 Å². The Morgan fingerprint density at radius 1 is 0.655 bits per heavy atom. The number of ketones is 1. The Labute approximate surface area is 182 Å². The third kappa shape index (κ3) is 5.43. The molecular formula is C26H26OS2. The lowest BCUT2D eigenvalue weighted by Gasteiger charge is -2.21. The maximum absolute atomic E-state index is 13.9. The molecule has 0 aliphatic heterocycles. The Kier molecular flexibility index (Phi) is 8.21. The summed E-state index contributed by atoms with van der Waals surface area (Å²) in [4.78, 5) is 13.9. The summed E-state index contributed by atoms with van der Waals surface area (Å²) in [6.45, 7) is 4.23. The lowest BCUT2D eigenvalue weighted by atomic mass is 9.87. The molecule has 0 bridgehead atoms. The molecule has 1 nitrogen and oxygen atoms in total. The van der Waals surface area contributed by atoms with E-state index in [1.165, 1.54) is 0 Å². The first-order valence-corrected chi connectivity index (χ1v) is 12.0. The van der Waals surface area contributed by atoms with E-state index in [1.54, 1.807) is 23.5 Å². The molecule has 0 unspecified atom stereocenters. The van der Waals surface area contributed by atoms with Gasteiger partial charge in [0, 0.05) is 11.1 Å². The predicted octanol–water partition coefficient (Wildman–Crippen LogP) is 7.05. The summed E-state index contributed by atoms with van der Waals surface area (Å²) in [6, 6.07) is 30.6. The Bertz CT molecular complexity index is 887. The van der Waals surface area contributed by atoms with Gasteiger partial charge in [0.05, 0.1) is 0 Å². The van der Waals surface area contributed by atoms with E-state index in [9.17, 15) is 4.79 Å². The van der Waals surface area contributed by atoms with Gasteiger partial charge in [-0.15, -0.1) is 23.5 Å². The first kappa shape index (κ1) is 21.5. The van der Waals surface area contributed by atoms with Gasteiger partial charge in [-0.05, 0) is 28.2 Å². The molecule has 0 saturated heterocycles. The van der Waals surface area contributed by atoms with Crippen molar-refractivity contribution in [2.75, 3.05) is 11.5 Å². The zero-order chi connectivity index (χ0) is 20.5. The minimum Gasteiger partial charge on any atom is -0.292 e. The highest BCUT2D eigenvalue weighted by Crippen LogP contribution is 2.37. The summed E-state index contributed by atoms with van der Waals surface area (Å²) in [5.41, 5.74) is 4.90. The number of rotatable bonds is 9. The van der Waals surface area contributed by atoms with Crippen LogP contribution < -0.4 is 0 Å². The second kappa shape index (κ2) is 11.1. The third-order valence-electron chi connectivity index (χ3n) is 4.53. The largest absolute Gasteiger partial charge is 0.292 e.